The molecule has 0 bridgehead atoms. The third kappa shape index (κ3) is 4.72. The predicted octanol–water partition coefficient (Wildman–Crippen LogP) is 3.52. The second-order valence-corrected chi connectivity index (χ2v) is 7.93. The lowest BCUT2D eigenvalue weighted by atomic mass is 9.84. The van der Waals surface area contributed by atoms with Gasteiger partial charge in [0.25, 0.3) is 0 Å². The Balaban J connectivity index is 1.64. The van der Waals surface area contributed by atoms with Gasteiger partial charge in [0.1, 0.15) is 5.25 Å². The number of nitrogens with one attached hydrogen (secondary N) is 1. The van der Waals surface area contributed by atoms with E-state index in [1.807, 2.05) is 6.92 Å². The molecule has 6 nitrogen and oxygen atoms in total. The number of amides is 1. The van der Waals surface area contributed by atoms with Gasteiger partial charge in [-0.2, -0.15) is 5.10 Å². The maximum Gasteiger partial charge on any atom is 0.305 e. The lowest BCUT2D eigenvalue weighted by Gasteiger charge is -2.22. The predicted molar refractivity (Wildman–Crippen MR) is 104 cm³/mol. The molecule has 1 heterocycles. The van der Waals surface area contributed by atoms with Crippen molar-refractivity contribution in [2.45, 2.75) is 56.6 Å². The Morgan fingerprint density at radius 3 is 2.58 bits per heavy atom. The molecule has 7 heteroatoms. The summed E-state index contributed by atoms with van der Waals surface area (Å²) in [5, 5.41) is 19.3. The summed E-state index contributed by atoms with van der Waals surface area (Å²) in [6, 6.07) is 8.48. The average molecular weight is 373 g/mol. The lowest BCUT2D eigenvalue weighted by Crippen LogP contribution is -2.26. The number of carboxylic acid groups (broad SMARTS) is 1. The third-order valence-corrected chi connectivity index (χ3v) is 5.90. The van der Waals surface area contributed by atoms with Gasteiger partial charge < -0.3 is 10.4 Å². The van der Waals surface area contributed by atoms with Gasteiger partial charge in [-0.05, 0) is 36.8 Å². The van der Waals surface area contributed by atoms with Crippen LogP contribution in [0.1, 0.15) is 62.5 Å². The molecular weight excluding hydrogens is 350 g/mol. The van der Waals surface area contributed by atoms with E-state index in [2.05, 4.69) is 39.8 Å². The molecule has 1 amide bonds. The molecule has 1 saturated heterocycles. The number of carboxylic acids is 1. The fourth-order valence-corrected chi connectivity index (χ4v) is 4.26. The highest BCUT2D eigenvalue weighted by atomic mass is 32.2. The molecule has 1 saturated carbocycles. The van der Waals surface area contributed by atoms with Crippen LogP contribution >= 0.6 is 11.8 Å². The van der Waals surface area contributed by atoms with Gasteiger partial charge in [-0.3, -0.25) is 9.59 Å². The zero-order valence-corrected chi connectivity index (χ0v) is 15.6. The SMILES string of the molecule is CC(=N/N=C1/NC(=O)C(CC(=O)O)S1)c1ccc(C2CCCCC2)cc1. The zero-order valence-electron chi connectivity index (χ0n) is 14.8. The van der Waals surface area contributed by atoms with E-state index in [0.29, 0.717) is 11.1 Å². The number of thioether (sulfide) groups is 1. The van der Waals surface area contributed by atoms with Crippen molar-refractivity contribution in [2.75, 3.05) is 0 Å². The van der Waals surface area contributed by atoms with Gasteiger partial charge >= 0.3 is 5.97 Å². The van der Waals surface area contributed by atoms with Crippen LogP contribution in [0, 0.1) is 0 Å². The number of carbonyl (C=O) groups is 2. The fraction of sp³-hybridized carbons (Fsp3) is 0.474. The first-order valence-electron chi connectivity index (χ1n) is 8.95. The summed E-state index contributed by atoms with van der Waals surface area (Å²) in [7, 11) is 0. The van der Waals surface area contributed by atoms with Gasteiger partial charge in [-0.15, -0.1) is 5.10 Å². The van der Waals surface area contributed by atoms with Crippen LogP contribution in [0.25, 0.3) is 0 Å². The average Bonchev–Trinajstić information content (AvgIpc) is 2.99. The van der Waals surface area contributed by atoms with Gasteiger partial charge in [0.15, 0.2) is 5.17 Å². The van der Waals surface area contributed by atoms with Crippen molar-refractivity contribution in [3.63, 3.8) is 0 Å². The highest BCUT2D eigenvalue weighted by Crippen LogP contribution is 2.32. The summed E-state index contributed by atoms with van der Waals surface area (Å²) in [6.45, 7) is 1.87. The number of nitrogens with zero attached hydrogens (tertiary/aromatic N) is 2. The Morgan fingerprint density at radius 2 is 1.92 bits per heavy atom. The molecule has 0 aromatic heterocycles. The van der Waals surface area contributed by atoms with Crippen LogP contribution in [0.15, 0.2) is 34.5 Å². The largest absolute Gasteiger partial charge is 0.481 e. The minimum absolute atomic E-state index is 0.221. The first-order valence-corrected chi connectivity index (χ1v) is 9.83. The second-order valence-electron chi connectivity index (χ2n) is 6.74. The summed E-state index contributed by atoms with van der Waals surface area (Å²) in [6.07, 6.45) is 6.31. The normalized spacial score (nSPS) is 23.3. The molecule has 26 heavy (non-hydrogen) atoms. The number of hydrogen-bond donors (Lipinski definition) is 2. The van der Waals surface area contributed by atoms with Crippen LogP contribution in [0.5, 0.6) is 0 Å². The van der Waals surface area contributed by atoms with Crippen molar-refractivity contribution < 1.29 is 14.7 Å². The van der Waals surface area contributed by atoms with Crippen LogP contribution in [0.3, 0.4) is 0 Å². The highest BCUT2D eigenvalue weighted by Gasteiger charge is 2.32. The number of hydrogen-bond acceptors (Lipinski definition) is 5. The maximum absolute atomic E-state index is 11.7. The molecule has 1 atom stereocenters. The lowest BCUT2D eigenvalue weighted by molar-refractivity contribution is -0.138. The summed E-state index contributed by atoms with van der Waals surface area (Å²) in [5.41, 5.74) is 3.14. The van der Waals surface area contributed by atoms with Crippen molar-refractivity contribution in [1.82, 2.24) is 5.32 Å². The van der Waals surface area contributed by atoms with E-state index < -0.39 is 11.2 Å². The summed E-state index contributed by atoms with van der Waals surface area (Å²) in [4.78, 5) is 22.4. The molecule has 138 valence electrons. The fourth-order valence-electron chi connectivity index (χ4n) is 3.36. The van der Waals surface area contributed by atoms with Crippen LogP contribution in [-0.2, 0) is 9.59 Å². The molecule has 1 aliphatic heterocycles. The quantitative estimate of drug-likeness (QED) is 0.610. The molecular formula is C19H23N3O3S. The van der Waals surface area contributed by atoms with E-state index in [1.165, 1.54) is 37.7 Å². The number of benzene rings is 1. The summed E-state index contributed by atoms with van der Waals surface area (Å²) >= 11 is 1.11. The molecule has 1 aromatic carbocycles. The highest BCUT2D eigenvalue weighted by molar-refractivity contribution is 8.15. The van der Waals surface area contributed by atoms with Crippen LogP contribution < -0.4 is 5.32 Å². The van der Waals surface area contributed by atoms with Gasteiger partial charge in [0.2, 0.25) is 5.91 Å². The van der Waals surface area contributed by atoms with Crippen LogP contribution in [-0.4, -0.2) is 33.1 Å². The molecule has 3 rings (SSSR count). The molecule has 0 spiro atoms. The standard InChI is InChI=1S/C19H23N3O3S/c1-12(21-22-19-20-18(25)16(26-19)11-17(23)24)13-7-9-15(10-8-13)14-5-3-2-4-6-14/h7-10,14,16H,2-6,11H2,1H3,(H,23,24)(H,20,22,25). The molecule has 1 unspecified atom stereocenters. The molecule has 1 aliphatic carbocycles. The minimum Gasteiger partial charge on any atom is -0.481 e. The first-order chi connectivity index (χ1) is 12.5. The number of amidine groups is 1. The number of rotatable bonds is 5. The Bertz CT molecular complexity index is 737. The van der Waals surface area contributed by atoms with Crippen LogP contribution in [0.2, 0.25) is 0 Å². The molecule has 2 aliphatic rings. The summed E-state index contributed by atoms with van der Waals surface area (Å²) < 4.78 is 0. The number of aliphatic carboxylic acids is 1. The van der Waals surface area contributed by atoms with Gasteiger partial charge in [0, 0.05) is 0 Å². The topological polar surface area (TPSA) is 91.1 Å². The van der Waals surface area contributed by atoms with Gasteiger partial charge in [0.05, 0.1) is 12.1 Å². The van der Waals surface area contributed by atoms with E-state index >= 15 is 0 Å². The first kappa shape index (κ1) is 18.6. The second kappa shape index (κ2) is 8.49. The van der Waals surface area contributed by atoms with Crippen molar-refractivity contribution in [1.29, 1.82) is 0 Å². The summed E-state index contributed by atoms with van der Waals surface area (Å²) in [5.74, 6) is -0.663. The Labute approximate surface area is 157 Å². The number of carbonyl (C=O) groups excluding carboxylic acids is 1. The zero-order chi connectivity index (χ0) is 18.5. The Hall–Kier alpha value is -2.15. The van der Waals surface area contributed by atoms with Gasteiger partial charge in [-0.1, -0.05) is 55.3 Å². The van der Waals surface area contributed by atoms with Crippen LogP contribution in [0.4, 0.5) is 0 Å². The van der Waals surface area contributed by atoms with E-state index in [1.54, 1.807) is 0 Å². The van der Waals surface area contributed by atoms with Crippen molar-refractivity contribution >= 4 is 34.5 Å². The van der Waals surface area contributed by atoms with Gasteiger partial charge in [-0.25, -0.2) is 0 Å². The molecule has 2 N–H and O–H groups in total. The monoisotopic (exact) mass is 373 g/mol. The molecule has 0 radical (unpaired) electrons. The Kier molecular flexibility index (Phi) is 6.08. The van der Waals surface area contributed by atoms with Crippen molar-refractivity contribution in [2.24, 2.45) is 10.2 Å². The van der Waals surface area contributed by atoms with E-state index in [4.69, 9.17) is 5.11 Å². The van der Waals surface area contributed by atoms with E-state index in [-0.39, 0.29) is 12.3 Å². The molecule has 1 aromatic rings. The van der Waals surface area contributed by atoms with Crippen molar-refractivity contribution in [3.05, 3.63) is 35.4 Å². The maximum atomic E-state index is 11.7. The van der Waals surface area contributed by atoms with Crippen molar-refractivity contribution in [3.8, 4) is 0 Å². The smallest absolute Gasteiger partial charge is 0.305 e. The van der Waals surface area contributed by atoms with E-state index in [9.17, 15) is 9.59 Å². The molecule has 2 fully saturated rings. The van der Waals surface area contributed by atoms with E-state index in [0.717, 1.165) is 23.0 Å². The third-order valence-electron chi connectivity index (χ3n) is 4.83. The minimum atomic E-state index is -1.00. The Morgan fingerprint density at radius 1 is 1.23 bits per heavy atom.